The van der Waals surface area contributed by atoms with E-state index in [4.69, 9.17) is 20.9 Å². The molecule has 1 saturated carbocycles. The van der Waals surface area contributed by atoms with Gasteiger partial charge in [-0.1, -0.05) is 31.5 Å². The predicted molar refractivity (Wildman–Crippen MR) is 127 cm³/mol. The van der Waals surface area contributed by atoms with Crippen LogP contribution in [0.3, 0.4) is 0 Å². The number of carbonyl (C=O) groups excluding carboxylic acids is 2. The average molecular weight is 437 g/mol. The van der Waals surface area contributed by atoms with Gasteiger partial charge in [0.15, 0.2) is 0 Å². The predicted octanol–water partition coefficient (Wildman–Crippen LogP) is 4.78. The molecule has 3 rings (SSSR count). The molecule has 2 aromatic rings. The van der Waals surface area contributed by atoms with E-state index >= 15 is 0 Å². The monoisotopic (exact) mass is 436 g/mol. The Morgan fingerprint density at radius 3 is 2.41 bits per heavy atom. The molecule has 1 aliphatic carbocycles. The summed E-state index contributed by atoms with van der Waals surface area (Å²) in [5, 5.41) is 0. The van der Waals surface area contributed by atoms with Crippen LogP contribution in [0.15, 0.2) is 48.5 Å². The number of nitrogens with two attached hydrogens (primary N) is 2. The van der Waals surface area contributed by atoms with Crippen LogP contribution in [0.1, 0.15) is 60.5 Å². The van der Waals surface area contributed by atoms with Crippen molar-refractivity contribution >= 4 is 29.4 Å². The first-order chi connectivity index (χ1) is 15.4. The third-order valence-electron chi connectivity index (χ3n) is 5.99. The van der Waals surface area contributed by atoms with E-state index < -0.39 is 5.97 Å². The normalized spacial score (nSPS) is 18.4. The molecule has 0 bridgehead atoms. The van der Waals surface area contributed by atoms with E-state index in [1.165, 1.54) is 12.5 Å². The highest BCUT2D eigenvalue weighted by Crippen LogP contribution is 2.28. The number of hydrogen-bond donors (Lipinski definition) is 2. The molecule has 0 saturated heterocycles. The van der Waals surface area contributed by atoms with Crippen molar-refractivity contribution < 1.29 is 19.1 Å². The minimum absolute atomic E-state index is 0.0169. The number of hydrogen-bond acceptors (Lipinski definition) is 6. The fourth-order valence-electron chi connectivity index (χ4n) is 3.92. The van der Waals surface area contributed by atoms with Gasteiger partial charge in [-0.25, -0.2) is 9.59 Å². The molecule has 0 amide bonds. The summed E-state index contributed by atoms with van der Waals surface area (Å²) in [6, 6.07) is 12.3. The van der Waals surface area contributed by atoms with Crippen molar-refractivity contribution in [2.24, 2.45) is 5.92 Å². The molecule has 1 fully saturated rings. The fraction of sp³-hybridized carbons (Fsp3) is 0.385. The molecule has 1 aliphatic rings. The SMILES string of the molecule is CCC1CCC(OC(=O)c2ccc(/C=C/C(=O)OCCc3ccc(N)cc3N)cc2)CC1. The lowest BCUT2D eigenvalue weighted by molar-refractivity contribution is -0.137. The van der Waals surface area contributed by atoms with Crippen LogP contribution in [0, 0.1) is 5.92 Å². The lowest BCUT2D eigenvalue weighted by Crippen LogP contribution is -2.24. The number of esters is 2. The highest BCUT2D eigenvalue weighted by Gasteiger charge is 2.23. The Morgan fingerprint density at radius 2 is 1.75 bits per heavy atom. The quantitative estimate of drug-likeness (QED) is 0.351. The van der Waals surface area contributed by atoms with Crippen LogP contribution in [0.25, 0.3) is 6.08 Å². The molecule has 0 radical (unpaired) electrons. The summed E-state index contributed by atoms with van der Waals surface area (Å²) in [5.41, 5.74) is 15.0. The van der Waals surface area contributed by atoms with Gasteiger partial charge < -0.3 is 20.9 Å². The summed E-state index contributed by atoms with van der Waals surface area (Å²) in [6.07, 6.45) is 8.89. The van der Waals surface area contributed by atoms with Crippen LogP contribution in [-0.2, 0) is 20.7 Å². The molecule has 0 atom stereocenters. The standard InChI is InChI=1S/C26H32N2O4/c1-2-18-5-12-23(13-6-18)32-26(30)21-8-3-19(4-9-21)7-14-25(29)31-16-15-20-10-11-22(27)17-24(20)28/h3-4,7-11,14,17-18,23H,2,5-6,12-13,15-16,27-28H2,1H3/b14-7+. The number of carbonyl (C=O) groups is 2. The van der Waals surface area contributed by atoms with E-state index in [0.717, 1.165) is 42.7 Å². The fourth-order valence-corrected chi connectivity index (χ4v) is 3.92. The third-order valence-corrected chi connectivity index (χ3v) is 5.99. The average Bonchev–Trinajstić information content (AvgIpc) is 2.80. The van der Waals surface area contributed by atoms with E-state index in [2.05, 4.69) is 6.92 Å². The molecule has 0 aromatic heterocycles. The third kappa shape index (κ3) is 6.87. The second-order valence-electron chi connectivity index (χ2n) is 8.29. The summed E-state index contributed by atoms with van der Waals surface area (Å²) in [7, 11) is 0. The number of benzene rings is 2. The van der Waals surface area contributed by atoms with Gasteiger partial charge in [0.25, 0.3) is 0 Å². The Kier molecular flexibility index (Phi) is 8.31. The number of nitrogen functional groups attached to an aromatic ring is 2. The maximum atomic E-state index is 12.4. The van der Waals surface area contributed by atoms with Gasteiger partial charge in [0.05, 0.1) is 12.2 Å². The summed E-state index contributed by atoms with van der Waals surface area (Å²) >= 11 is 0. The van der Waals surface area contributed by atoms with Crippen LogP contribution in [0.2, 0.25) is 0 Å². The van der Waals surface area contributed by atoms with E-state index in [-0.39, 0.29) is 18.7 Å². The molecule has 6 heteroatoms. The number of rotatable bonds is 8. The first kappa shape index (κ1) is 23.4. The van der Waals surface area contributed by atoms with Gasteiger partial charge in [-0.3, -0.25) is 0 Å². The lowest BCUT2D eigenvalue weighted by Gasteiger charge is -2.27. The van der Waals surface area contributed by atoms with E-state index in [9.17, 15) is 9.59 Å². The van der Waals surface area contributed by atoms with E-state index in [1.54, 1.807) is 42.5 Å². The van der Waals surface area contributed by atoms with Crippen LogP contribution >= 0.6 is 0 Å². The molecule has 0 unspecified atom stereocenters. The highest BCUT2D eigenvalue weighted by atomic mass is 16.5. The van der Waals surface area contributed by atoms with Gasteiger partial charge in [0.1, 0.15) is 6.10 Å². The first-order valence-corrected chi connectivity index (χ1v) is 11.2. The zero-order chi connectivity index (χ0) is 22.9. The van der Waals surface area contributed by atoms with Crippen LogP contribution in [0.4, 0.5) is 11.4 Å². The Morgan fingerprint density at radius 1 is 1.03 bits per heavy atom. The maximum Gasteiger partial charge on any atom is 0.338 e. The number of anilines is 2. The zero-order valence-corrected chi connectivity index (χ0v) is 18.6. The van der Waals surface area contributed by atoms with Gasteiger partial charge in [-0.2, -0.15) is 0 Å². The van der Waals surface area contributed by atoms with Crippen molar-refractivity contribution in [1.82, 2.24) is 0 Å². The molecule has 6 nitrogen and oxygen atoms in total. The smallest absolute Gasteiger partial charge is 0.338 e. The minimum atomic E-state index is -0.440. The van der Waals surface area contributed by atoms with Gasteiger partial charge in [0.2, 0.25) is 0 Å². The molecular weight excluding hydrogens is 404 g/mol. The topological polar surface area (TPSA) is 105 Å². The summed E-state index contributed by atoms with van der Waals surface area (Å²) in [6.45, 7) is 2.44. The highest BCUT2D eigenvalue weighted by molar-refractivity contribution is 5.90. The zero-order valence-electron chi connectivity index (χ0n) is 18.6. The molecule has 170 valence electrons. The Hall–Kier alpha value is -3.28. The second kappa shape index (κ2) is 11.4. The van der Waals surface area contributed by atoms with Crippen molar-refractivity contribution in [3.63, 3.8) is 0 Å². The molecule has 0 spiro atoms. The van der Waals surface area contributed by atoms with Crippen molar-refractivity contribution in [3.8, 4) is 0 Å². The maximum absolute atomic E-state index is 12.4. The molecule has 0 heterocycles. The van der Waals surface area contributed by atoms with Gasteiger partial charge in [-0.15, -0.1) is 0 Å². The van der Waals surface area contributed by atoms with Crippen LogP contribution in [0.5, 0.6) is 0 Å². The van der Waals surface area contributed by atoms with Crippen molar-refractivity contribution in [1.29, 1.82) is 0 Å². The van der Waals surface area contributed by atoms with E-state index in [0.29, 0.717) is 23.4 Å². The lowest BCUT2D eigenvalue weighted by atomic mass is 9.86. The van der Waals surface area contributed by atoms with Crippen LogP contribution in [-0.4, -0.2) is 24.6 Å². The molecular formula is C26H32N2O4. The summed E-state index contributed by atoms with van der Waals surface area (Å²) in [5.74, 6) is 0.0329. The second-order valence-corrected chi connectivity index (χ2v) is 8.29. The summed E-state index contributed by atoms with van der Waals surface area (Å²) < 4.78 is 10.9. The van der Waals surface area contributed by atoms with Crippen molar-refractivity contribution in [3.05, 3.63) is 65.2 Å². The summed E-state index contributed by atoms with van der Waals surface area (Å²) in [4.78, 5) is 24.3. The van der Waals surface area contributed by atoms with Gasteiger partial charge >= 0.3 is 11.9 Å². The van der Waals surface area contributed by atoms with Crippen molar-refractivity contribution in [2.45, 2.75) is 51.6 Å². The number of ether oxygens (including phenoxy) is 2. The Labute approximate surface area is 189 Å². The Balaban J connectivity index is 1.43. The molecule has 2 aromatic carbocycles. The molecule has 4 N–H and O–H groups in total. The first-order valence-electron chi connectivity index (χ1n) is 11.2. The van der Waals surface area contributed by atoms with Crippen molar-refractivity contribution in [2.75, 3.05) is 18.1 Å². The van der Waals surface area contributed by atoms with Gasteiger partial charge in [0, 0.05) is 23.9 Å². The Bertz CT molecular complexity index is 945. The largest absolute Gasteiger partial charge is 0.462 e. The minimum Gasteiger partial charge on any atom is -0.462 e. The van der Waals surface area contributed by atoms with Gasteiger partial charge in [-0.05, 0) is 73.1 Å². The van der Waals surface area contributed by atoms with E-state index in [1.807, 2.05) is 6.07 Å². The molecule has 0 aliphatic heterocycles. The molecule has 32 heavy (non-hydrogen) atoms. The van der Waals surface area contributed by atoms with Crippen LogP contribution < -0.4 is 11.5 Å².